The minimum Gasteiger partial charge on any atom is -0.477 e. The fraction of sp³-hybridized carbons (Fsp3) is 0.0909. The summed E-state index contributed by atoms with van der Waals surface area (Å²) in [4.78, 5) is 16.3. The first-order valence-corrected chi connectivity index (χ1v) is 5.25. The highest BCUT2D eigenvalue weighted by Crippen LogP contribution is 2.26. The highest BCUT2D eigenvalue weighted by atomic mass is 32.1. The summed E-state index contributed by atoms with van der Waals surface area (Å²) in [7, 11) is 0. The summed E-state index contributed by atoms with van der Waals surface area (Å²) in [5, 5.41) is 8.79. The smallest absolute Gasteiger partial charge is 0.345 e. The molecule has 0 saturated heterocycles. The van der Waals surface area contributed by atoms with Gasteiger partial charge in [0.1, 0.15) is 4.88 Å². The van der Waals surface area contributed by atoms with Gasteiger partial charge in [-0.1, -0.05) is 6.07 Å². The lowest BCUT2D eigenvalue weighted by Gasteiger charge is -1.96. The Labute approximate surface area is 91.0 Å². The van der Waals surface area contributed by atoms with Crippen LogP contribution in [0.3, 0.4) is 0 Å². The Hall–Kier alpha value is -1.68. The molecule has 0 aliphatic rings. The largest absolute Gasteiger partial charge is 0.477 e. The SMILES string of the molecule is Cc1cccc(-c2ccc(C(=O)O)s2)n1. The molecule has 0 spiro atoms. The monoisotopic (exact) mass is 219 g/mol. The molecule has 2 heterocycles. The van der Waals surface area contributed by atoms with Crippen LogP contribution in [0, 0.1) is 6.92 Å². The molecule has 76 valence electrons. The van der Waals surface area contributed by atoms with Gasteiger partial charge < -0.3 is 5.11 Å². The van der Waals surface area contributed by atoms with Crippen molar-refractivity contribution in [1.29, 1.82) is 0 Å². The van der Waals surface area contributed by atoms with E-state index in [9.17, 15) is 4.79 Å². The quantitative estimate of drug-likeness (QED) is 0.844. The number of aryl methyl sites for hydroxylation is 1. The number of nitrogens with zero attached hydrogens (tertiary/aromatic N) is 1. The van der Waals surface area contributed by atoms with Crippen molar-refractivity contribution in [3.63, 3.8) is 0 Å². The number of hydrogen-bond acceptors (Lipinski definition) is 3. The third kappa shape index (κ3) is 2.05. The zero-order valence-corrected chi connectivity index (χ0v) is 8.91. The lowest BCUT2D eigenvalue weighted by molar-refractivity contribution is 0.0702. The van der Waals surface area contributed by atoms with E-state index < -0.39 is 5.97 Å². The maximum absolute atomic E-state index is 10.7. The molecule has 0 bridgehead atoms. The van der Waals surface area contributed by atoms with Gasteiger partial charge in [-0.25, -0.2) is 4.79 Å². The predicted octanol–water partition coefficient (Wildman–Crippen LogP) is 2.82. The molecule has 0 aromatic carbocycles. The van der Waals surface area contributed by atoms with E-state index >= 15 is 0 Å². The van der Waals surface area contributed by atoms with Gasteiger partial charge in [0.15, 0.2) is 0 Å². The molecule has 0 aliphatic heterocycles. The van der Waals surface area contributed by atoms with Crippen molar-refractivity contribution < 1.29 is 9.90 Å². The van der Waals surface area contributed by atoms with Crippen molar-refractivity contribution >= 4 is 17.3 Å². The zero-order chi connectivity index (χ0) is 10.8. The molecular formula is C11H9NO2S. The lowest BCUT2D eigenvalue weighted by atomic mass is 10.3. The minimum atomic E-state index is -0.890. The predicted molar refractivity (Wildman–Crippen MR) is 59.2 cm³/mol. The molecule has 1 N–H and O–H groups in total. The molecule has 2 aromatic rings. The van der Waals surface area contributed by atoms with Crippen LogP contribution in [0.1, 0.15) is 15.4 Å². The topological polar surface area (TPSA) is 50.2 Å². The Morgan fingerprint density at radius 1 is 1.33 bits per heavy atom. The second-order valence-corrected chi connectivity index (χ2v) is 4.22. The maximum Gasteiger partial charge on any atom is 0.345 e. The van der Waals surface area contributed by atoms with Gasteiger partial charge in [0, 0.05) is 5.69 Å². The molecule has 0 unspecified atom stereocenters. The van der Waals surface area contributed by atoms with Crippen LogP contribution in [-0.4, -0.2) is 16.1 Å². The average molecular weight is 219 g/mol. The Balaban J connectivity index is 2.41. The van der Waals surface area contributed by atoms with Gasteiger partial charge >= 0.3 is 5.97 Å². The van der Waals surface area contributed by atoms with E-state index in [0.29, 0.717) is 4.88 Å². The van der Waals surface area contributed by atoms with Gasteiger partial charge in [-0.2, -0.15) is 0 Å². The first-order valence-electron chi connectivity index (χ1n) is 4.44. The average Bonchev–Trinajstić information content (AvgIpc) is 2.66. The van der Waals surface area contributed by atoms with Crippen LogP contribution in [-0.2, 0) is 0 Å². The normalized spacial score (nSPS) is 10.2. The number of aromatic carboxylic acids is 1. The van der Waals surface area contributed by atoms with Gasteiger partial charge in [-0.05, 0) is 31.2 Å². The number of carboxylic acids is 1. The van der Waals surface area contributed by atoms with Crippen LogP contribution in [0.15, 0.2) is 30.3 Å². The molecular weight excluding hydrogens is 210 g/mol. The summed E-state index contributed by atoms with van der Waals surface area (Å²) >= 11 is 1.24. The summed E-state index contributed by atoms with van der Waals surface area (Å²) in [5.41, 5.74) is 1.75. The summed E-state index contributed by atoms with van der Waals surface area (Å²) in [5.74, 6) is -0.890. The van der Waals surface area contributed by atoms with Crippen LogP contribution >= 0.6 is 11.3 Å². The van der Waals surface area contributed by atoms with Crippen molar-refractivity contribution in [2.24, 2.45) is 0 Å². The lowest BCUT2D eigenvalue weighted by Crippen LogP contribution is -1.89. The number of carbonyl (C=O) groups is 1. The second-order valence-electron chi connectivity index (χ2n) is 3.13. The maximum atomic E-state index is 10.7. The molecule has 15 heavy (non-hydrogen) atoms. The van der Waals surface area contributed by atoms with Crippen LogP contribution in [0.2, 0.25) is 0 Å². The number of aromatic nitrogens is 1. The minimum absolute atomic E-state index is 0.341. The number of thiophene rings is 1. The van der Waals surface area contributed by atoms with Gasteiger partial charge in [-0.3, -0.25) is 4.98 Å². The van der Waals surface area contributed by atoms with Crippen LogP contribution in [0.4, 0.5) is 0 Å². The van der Waals surface area contributed by atoms with Gasteiger partial charge in [0.2, 0.25) is 0 Å². The van der Waals surface area contributed by atoms with E-state index in [1.165, 1.54) is 11.3 Å². The van der Waals surface area contributed by atoms with E-state index in [-0.39, 0.29) is 0 Å². The Bertz CT molecular complexity index is 505. The fourth-order valence-electron chi connectivity index (χ4n) is 1.27. The Morgan fingerprint density at radius 3 is 2.73 bits per heavy atom. The van der Waals surface area contributed by atoms with Crippen molar-refractivity contribution in [2.45, 2.75) is 6.92 Å². The third-order valence-corrected chi connectivity index (χ3v) is 3.05. The third-order valence-electron chi connectivity index (χ3n) is 1.96. The molecule has 0 fully saturated rings. The number of carboxylic acid groups (broad SMARTS) is 1. The van der Waals surface area contributed by atoms with E-state index in [1.807, 2.05) is 25.1 Å². The molecule has 2 rings (SSSR count). The zero-order valence-electron chi connectivity index (χ0n) is 8.10. The van der Waals surface area contributed by atoms with E-state index in [1.54, 1.807) is 12.1 Å². The van der Waals surface area contributed by atoms with Crippen LogP contribution < -0.4 is 0 Å². The highest BCUT2D eigenvalue weighted by molar-refractivity contribution is 7.17. The highest BCUT2D eigenvalue weighted by Gasteiger charge is 2.08. The summed E-state index contributed by atoms with van der Waals surface area (Å²) < 4.78 is 0. The van der Waals surface area contributed by atoms with Gasteiger partial charge in [0.25, 0.3) is 0 Å². The first-order chi connectivity index (χ1) is 7.16. The standard InChI is InChI=1S/C11H9NO2S/c1-7-3-2-4-8(12-7)9-5-6-10(15-9)11(13)14/h2-6H,1H3,(H,13,14). The van der Waals surface area contributed by atoms with Crippen molar-refractivity contribution in [1.82, 2.24) is 4.98 Å². The summed E-state index contributed by atoms with van der Waals surface area (Å²) in [6, 6.07) is 9.10. The van der Waals surface area contributed by atoms with E-state index in [2.05, 4.69) is 4.98 Å². The summed E-state index contributed by atoms with van der Waals surface area (Å²) in [6.07, 6.45) is 0. The van der Waals surface area contributed by atoms with Crippen molar-refractivity contribution in [3.05, 3.63) is 40.9 Å². The Morgan fingerprint density at radius 2 is 2.13 bits per heavy atom. The van der Waals surface area contributed by atoms with Gasteiger partial charge in [0.05, 0.1) is 10.6 Å². The second kappa shape index (κ2) is 3.82. The van der Waals surface area contributed by atoms with Crippen molar-refractivity contribution in [3.8, 4) is 10.6 Å². The van der Waals surface area contributed by atoms with E-state index in [0.717, 1.165) is 16.3 Å². The molecule has 0 aliphatic carbocycles. The van der Waals surface area contributed by atoms with Crippen molar-refractivity contribution in [2.75, 3.05) is 0 Å². The molecule has 4 heteroatoms. The Kier molecular flexibility index (Phi) is 2.51. The fourth-order valence-corrected chi connectivity index (χ4v) is 2.09. The first kappa shape index (κ1) is 9.86. The molecule has 3 nitrogen and oxygen atoms in total. The molecule has 0 atom stereocenters. The van der Waals surface area contributed by atoms with Gasteiger partial charge in [-0.15, -0.1) is 11.3 Å². The molecule has 2 aromatic heterocycles. The van der Waals surface area contributed by atoms with Crippen LogP contribution in [0.25, 0.3) is 10.6 Å². The molecule has 0 saturated carbocycles. The number of hydrogen-bond donors (Lipinski definition) is 1. The van der Waals surface area contributed by atoms with Crippen LogP contribution in [0.5, 0.6) is 0 Å². The number of rotatable bonds is 2. The van der Waals surface area contributed by atoms with E-state index in [4.69, 9.17) is 5.11 Å². The summed E-state index contributed by atoms with van der Waals surface area (Å²) in [6.45, 7) is 1.91. The molecule has 0 amide bonds. The number of pyridine rings is 1. The molecule has 0 radical (unpaired) electrons.